The average Bonchev–Trinajstić information content (AvgIpc) is 2.41. The maximum absolute atomic E-state index is 11.3. The maximum Gasteiger partial charge on any atom is 0.312 e. The number of aliphatic carboxylic acids is 1. The zero-order valence-electron chi connectivity index (χ0n) is 8.40. The molecule has 3 N–H and O–H groups in total. The van der Waals surface area contributed by atoms with Gasteiger partial charge in [0.25, 0.3) is 0 Å². The van der Waals surface area contributed by atoms with E-state index in [-0.39, 0.29) is 5.92 Å². The number of fused-ring (bicyclic) bond motifs is 2. The molecular weight excluding hydrogens is 184 g/mol. The van der Waals surface area contributed by atoms with Gasteiger partial charge in [0.1, 0.15) is 5.41 Å². The van der Waals surface area contributed by atoms with Crippen molar-refractivity contribution in [1.29, 1.82) is 0 Å². The molecule has 2 aliphatic rings. The summed E-state index contributed by atoms with van der Waals surface area (Å²) in [5, 5.41) is 28.8. The third-order valence-electron chi connectivity index (χ3n) is 4.55. The van der Waals surface area contributed by atoms with Gasteiger partial charge in [-0.05, 0) is 24.2 Å². The lowest BCUT2D eigenvalue weighted by Gasteiger charge is -2.35. The largest absolute Gasteiger partial charge is 0.481 e. The smallest absolute Gasteiger partial charge is 0.312 e. The van der Waals surface area contributed by atoms with E-state index in [9.17, 15) is 20.1 Å². The van der Waals surface area contributed by atoms with E-state index in [1.165, 1.54) is 0 Å². The number of aliphatic hydroxyl groups is 2. The van der Waals surface area contributed by atoms with Crippen molar-refractivity contribution >= 4 is 5.97 Å². The van der Waals surface area contributed by atoms with E-state index in [1.54, 1.807) is 0 Å². The first-order chi connectivity index (χ1) is 6.35. The van der Waals surface area contributed by atoms with Crippen LogP contribution in [0.3, 0.4) is 0 Å². The summed E-state index contributed by atoms with van der Waals surface area (Å²) in [6.45, 7) is 3.66. The van der Waals surface area contributed by atoms with Gasteiger partial charge in [-0.2, -0.15) is 0 Å². The van der Waals surface area contributed by atoms with Crippen molar-refractivity contribution in [3.05, 3.63) is 0 Å². The van der Waals surface area contributed by atoms with E-state index < -0.39 is 29.0 Å². The minimum Gasteiger partial charge on any atom is -0.481 e. The first-order valence-electron chi connectivity index (χ1n) is 4.95. The molecule has 2 saturated carbocycles. The van der Waals surface area contributed by atoms with Crippen molar-refractivity contribution < 1.29 is 20.1 Å². The Hall–Kier alpha value is -0.610. The van der Waals surface area contributed by atoms with Crippen molar-refractivity contribution in [2.45, 2.75) is 38.9 Å². The van der Waals surface area contributed by atoms with E-state index in [2.05, 4.69) is 0 Å². The number of carboxylic acid groups (broad SMARTS) is 1. The summed E-state index contributed by atoms with van der Waals surface area (Å²) in [5.41, 5.74) is -1.66. The second-order valence-corrected chi connectivity index (χ2v) is 5.08. The Labute approximate surface area is 82.6 Å². The van der Waals surface area contributed by atoms with Crippen LogP contribution in [0.25, 0.3) is 0 Å². The zero-order chi connectivity index (χ0) is 10.7. The van der Waals surface area contributed by atoms with Gasteiger partial charge in [-0.15, -0.1) is 0 Å². The van der Waals surface area contributed by atoms with Gasteiger partial charge in [-0.25, -0.2) is 0 Å². The Morgan fingerprint density at radius 3 is 2.21 bits per heavy atom. The monoisotopic (exact) mass is 200 g/mol. The van der Waals surface area contributed by atoms with Crippen molar-refractivity contribution in [3.63, 3.8) is 0 Å². The zero-order valence-corrected chi connectivity index (χ0v) is 8.40. The van der Waals surface area contributed by atoms with E-state index >= 15 is 0 Å². The van der Waals surface area contributed by atoms with Gasteiger partial charge in [0, 0.05) is 0 Å². The topological polar surface area (TPSA) is 77.8 Å². The van der Waals surface area contributed by atoms with Crippen LogP contribution < -0.4 is 0 Å². The molecule has 14 heavy (non-hydrogen) atoms. The Morgan fingerprint density at radius 2 is 1.93 bits per heavy atom. The summed E-state index contributed by atoms with van der Waals surface area (Å²) >= 11 is 0. The van der Waals surface area contributed by atoms with Crippen molar-refractivity contribution in [2.75, 3.05) is 0 Å². The molecule has 0 amide bonds. The molecule has 0 aliphatic heterocycles. The average molecular weight is 200 g/mol. The summed E-state index contributed by atoms with van der Waals surface area (Å²) in [6.07, 6.45) is -0.834. The van der Waals surface area contributed by atoms with Gasteiger partial charge >= 0.3 is 5.97 Å². The number of aliphatic hydroxyl groups excluding tert-OH is 2. The molecule has 0 saturated heterocycles. The molecule has 0 aromatic rings. The Bertz CT molecular complexity index is 286. The van der Waals surface area contributed by atoms with Crippen molar-refractivity contribution in [2.24, 2.45) is 16.7 Å². The predicted octanol–water partition coefficient (Wildman–Crippen LogP) is 0.229. The van der Waals surface area contributed by atoms with E-state index in [4.69, 9.17) is 0 Å². The number of hydrogen-bond donors (Lipinski definition) is 3. The normalized spacial score (nSPS) is 49.6. The highest BCUT2D eigenvalue weighted by Crippen LogP contribution is 2.65. The molecule has 4 heteroatoms. The molecular formula is C10H16O4. The molecule has 2 bridgehead atoms. The Kier molecular flexibility index (Phi) is 1.77. The minimum atomic E-state index is -1.14. The van der Waals surface area contributed by atoms with Gasteiger partial charge in [0.2, 0.25) is 0 Å². The van der Waals surface area contributed by atoms with Crippen LogP contribution in [0, 0.1) is 16.7 Å². The number of carbonyl (C=O) groups is 1. The first kappa shape index (κ1) is 9.93. The quantitative estimate of drug-likeness (QED) is 0.566. The second kappa shape index (κ2) is 2.49. The van der Waals surface area contributed by atoms with Gasteiger partial charge in [0.05, 0.1) is 12.2 Å². The SMILES string of the molecule is CC1(C)C2CCC1(C(=O)O)C(O)C2O. The molecule has 80 valence electrons. The van der Waals surface area contributed by atoms with Gasteiger partial charge in [0.15, 0.2) is 0 Å². The van der Waals surface area contributed by atoms with Crippen LogP contribution in [0.2, 0.25) is 0 Å². The molecule has 0 aromatic carbocycles. The number of carboxylic acids is 1. The summed E-state index contributed by atoms with van der Waals surface area (Å²) in [4.78, 5) is 11.3. The molecule has 0 spiro atoms. The summed E-state index contributed by atoms with van der Waals surface area (Å²) in [5.74, 6) is -1.07. The molecule has 2 aliphatic carbocycles. The van der Waals surface area contributed by atoms with E-state index in [0.29, 0.717) is 12.8 Å². The van der Waals surface area contributed by atoms with Crippen LogP contribution in [0.15, 0.2) is 0 Å². The van der Waals surface area contributed by atoms with Crippen LogP contribution in [0.1, 0.15) is 26.7 Å². The van der Waals surface area contributed by atoms with Crippen LogP contribution in [0.4, 0.5) is 0 Å². The molecule has 4 atom stereocenters. The summed E-state index contributed by atoms with van der Waals surface area (Å²) in [7, 11) is 0. The highest BCUT2D eigenvalue weighted by Gasteiger charge is 2.72. The van der Waals surface area contributed by atoms with Gasteiger partial charge in [-0.3, -0.25) is 4.79 Å². The molecule has 0 aromatic heterocycles. The predicted molar refractivity (Wildman–Crippen MR) is 48.6 cm³/mol. The maximum atomic E-state index is 11.3. The highest BCUT2D eigenvalue weighted by molar-refractivity contribution is 5.78. The lowest BCUT2D eigenvalue weighted by atomic mass is 9.68. The Balaban J connectivity index is 2.53. The van der Waals surface area contributed by atoms with Gasteiger partial charge in [-0.1, -0.05) is 13.8 Å². The lowest BCUT2D eigenvalue weighted by Crippen LogP contribution is -2.48. The molecule has 4 unspecified atom stereocenters. The standard InChI is InChI=1S/C10H16O4/c1-9(2)5-3-4-10(9,8(13)14)7(12)6(5)11/h5-7,11-12H,3-4H2,1-2H3,(H,13,14). The number of hydrogen-bond acceptors (Lipinski definition) is 3. The van der Waals surface area contributed by atoms with Crippen molar-refractivity contribution in [1.82, 2.24) is 0 Å². The molecule has 2 rings (SSSR count). The van der Waals surface area contributed by atoms with Crippen LogP contribution >= 0.6 is 0 Å². The first-order valence-corrected chi connectivity index (χ1v) is 4.95. The lowest BCUT2D eigenvalue weighted by molar-refractivity contribution is -0.164. The fourth-order valence-corrected chi connectivity index (χ4v) is 3.54. The van der Waals surface area contributed by atoms with Crippen molar-refractivity contribution in [3.8, 4) is 0 Å². The fourth-order valence-electron chi connectivity index (χ4n) is 3.54. The molecule has 2 fully saturated rings. The second-order valence-electron chi connectivity index (χ2n) is 5.08. The molecule has 0 radical (unpaired) electrons. The van der Waals surface area contributed by atoms with Crippen LogP contribution in [-0.2, 0) is 4.79 Å². The van der Waals surface area contributed by atoms with E-state index in [1.807, 2.05) is 13.8 Å². The third kappa shape index (κ3) is 0.754. The summed E-state index contributed by atoms with van der Waals surface area (Å²) < 4.78 is 0. The highest BCUT2D eigenvalue weighted by atomic mass is 16.4. The van der Waals surface area contributed by atoms with Crippen LogP contribution in [0.5, 0.6) is 0 Å². The number of rotatable bonds is 1. The van der Waals surface area contributed by atoms with Gasteiger partial charge < -0.3 is 15.3 Å². The van der Waals surface area contributed by atoms with Crippen LogP contribution in [-0.4, -0.2) is 33.5 Å². The third-order valence-corrected chi connectivity index (χ3v) is 4.55. The van der Waals surface area contributed by atoms with E-state index in [0.717, 1.165) is 0 Å². The minimum absolute atomic E-state index is 0.0893. The fraction of sp³-hybridized carbons (Fsp3) is 0.900. The Morgan fingerprint density at radius 1 is 1.36 bits per heavy atom. The molecule has 0 heterocycles. The summed E-state index contributed by atoms with van der Waals surface area (Å²) in [6, 6.07) is 0. The molecule has 4 nitrogen and oxygen atoms in total.